The summed E-state index contributed by atoms with van der Waals surface area (Å²) in [4.78, 5) is 13.9. The normalized spacial score (nSPS) is 18.4. The first-order chi connectivity index (χ1) is 10.2. The maximum atomic E-state index is 11.9. The van der Waals surface area contributed by atoms with Crippen LogP contribution >= 0.6 is 11.8 Å². The second-order valence-electron chi connectivity index (χ2n) is 5.27. The van der Waals surface area contributed by atoms with Crippen LogP contribution in [0.1, 0.15) is 12.8 Å². The number of amides is 1. The Bertz CT molecular complexity index is 467. The van der Waals surface area contributed by atoms with Crippen molar-refractivity contribution in [3.8, 4) is 11.5 Å². The molecule has 116 valence electrons. The summed E-state index contributed by atoms with van der Waals surface area (Å²) in [6.45, 7) is 2.34. The van der Waals surface area contributed by atoms with E-state index in [1.807, 2.05) is 35.4 Å². The summed E-state index contributed by atoms with van der Waals surface area (Å²) < 4.78 is 11.0. The fraction of sp³-hybridized carbons (Fsp3) is 0.562. The zero-order chi connectivity index (χ0) is 15.1. The molecule has 1 aliphatic rings. The highest BCUT2D eigenvalue weighted by Crippen LogP contribution is 2.22. The van der Waals surface area contributed by atoms with Crippen molar-refractivity contribution in [1.82, 2.24) is 4.90 Å². The second-order valence-corrected chi connectivity index (χ2v) is 6.14. The smallest absolute Gasteiger partial charge is 0.232 e. The van der Waals surface area contributed by atoms with E-state index in [2.05, 4.69) is 0 Å². The molecule has 0 radical (unpaired) electrons. The Morgan fingerprint density at radius 1 is 1.43 bits per heavy atom. The molecule has 1 saturated heterocycles. The molecule has 0 spiro atoms. The number of rotatable bonds is 6. The summed E-state index contributed by atoms with van der Waals surface area (Å²) in [6.07, 6.45) is 4.14. The number of ether oxygens (including phenoxy) is 2. The fourth-order valence-corrected chi connectivity index (χ4v) is 2.98. The second kappa shape index (κ2) is 8.17. The maximum absolute atomic E-state index is 11.9. The summed E-state index contributed by atoms with van der Waals surface area (Å²) in [5.74, 6) is 2.85. The molecule has 1 heterocycles. The summed E-state index contributed by atoms with van der Waals surface area (Å²) in [6, 6.07) is 7.64. The topological polar surface area (TPSA) is 38.8 Å². The fourth-order valence-electron chi connectivity index (χ4n) is 2.55. The number of likely N-dealkylation sites (tertiary alicyclic amines) is 1. The van der Waals surface area contributed by atoms with E-state index in [1.165, 1.54) is 0 Å². The quantitative estimate of drug-likeness (QED) is 0.810. The molecule has 0 aliphatic carbocycles. The first kappa shape index (κ1) is 16.0. The predicted molar refractivity (Wildman–Crippen MR) is 86.2 cm³/mol. The minimum atomic E-state index is 0.244. The number of carbonyl (C=O) groups excluding carboxylic acids is 1. The van der Waals surface area contributed by atoms with Crippen molar-refractivity contribution in [2.45, 2.75) is 12.8 Å². The average Bonchev–Trinajstić information content (AvgIpc) is 2.53. The standard InChI is InChI=1S/C16H23NO3S/c1-19-14-6-3-7-15(9-14)20-11-13-5-4-8-17(10-13)16(18)12-21-2/h3,6-7,9,13H,4-5,8,10-12H2,1-2H3/t13-/m1/s1. The lowest BCUT2D eigenvalue weighted by atomic mass is 9.99. The molecule has 1 aromatic carbocycles. The molecule has 2 rings (SSSR count). The van der Waals surface area contributed by atoms with Gasteiger partial charge in [0.05, 0.1) is 19.5 Å². The Balaban J connectivity index is 1.83. The van der Waals surface area contributed by atoms with Crippen molar-refractivity contribution in [1.29, 1.82) is 0 Å². The molecule has 1 aliphatic heterocycles. The van der Waals surface area contributed by atoms with Gasteiger partial charge in [-0.05, 0) is 31.2 Å². The molecule has 4 nitrogen and oxygen atoms in total. The van der Waals surface area contributed by atoms with Crippen molar-refractivity contribution >= 4 is 17.7 Å². The van der Waals surface area contributed by atoms with Crippen LogP contribution in [0.4, 0.5) is 0 Å². The lowest BCUT2D eigenvalue weighted by Crippen LogP contribution is -2.42. The van der Waals surface area contributed by atoms with Gasteiger partial charge in [-0.1, -0.05) is 6.07 Å². The summed E-state index contributed by atoms with van der Waals surface area (Å²) in [5, 5.41) is 0. The predicted octanol–water partition coefficient (Wildman–Crippen LogP) is 2.68. The van der Waals surface area contributed by atoms with Gasteiger partial charge < -0.3 is 14.4 Å². The van der Waals surface area contributed by atoms with Gasteiger partial charge in [0.1, 0.15) is 11.5 Å². The van der Waals surface area contributed by atoms with Gasteiger partial charge in [-0.3, -0.25) is 4.79 Å². The van der Waals surface area contributed by atoms with E-state index in [0.29, 0.717) is 18.3 Å². The van der Waals surface area contributed by atoms with Gasteiger partial charge in [-0.15, -0.1) is 0 Å². The van der Waals surface area contributed by atoms with E-state index in [1.54, 1.807) is 18.9 Å². The number of methoxy groups -OCH3 is 1. The number of nitrogens with zero attached hydrogens (tertiary/aromatic N) is 1. The number of hydrogen-bond donors (Lipinski definition) is 0. The van der Waals surface area contributed by atoms with Crippen LogP contribution in [0.25, 0.3) is 0 Å². The van der Waals surface area contributed by atoms with Gasteiger partial charge in [0.2, 0.25) is 5.91 Å². The zero-order valence-electron chi connectivity index (χ0n) is 12.7. The van der Waals surface area contributed by atoms with E-state index in [4.69, 9.17) is 9.47 Å². The van der Waals surface area contributed by atoms with Crippen molar-refractivity contribution in [3.63, 3.8) is 0 Å². The maximum Gasteiger partial charge on any atom is 0.232 e. The molecule has 1 amide bonds. The minimum absolute atomic E-state index is 0.244. The summed E-state index contributed by atoms with van der Waals surface area (Å²) in [7, 11) is 1.65. The van der Waals surface area contributed by atoms with E-state index >= 15 is 0 Å². The average molecular weight is 309 g/mol. The van der Waals surface area contributed by atoms with Crippen LogP contribution in [0, 0.1) is 5.92 Å². The first-order valence-electron chi connectivity index (χ1n) is 7.26. The monoisotopic (exact) mass is 309 g/mol. The molecule has 0 unspecified atom stereocenters. The van der Waals surface area contributed by atoms with Gasteiger partial charge in [0.15, 0.2) is 0 Å². The van der Waals surface area contributed by atoms with Crippen LogP contribution in [-0.2, 0) is 4.79 Å². The summed E-state index contributed by atoms with van der Waals surface area (Å²) >= 11 is 1.58. The zero-order valence-corrected chi connectivity index (χ0v) is 13.5. The molecule has 0 saturated carbocycles. The number of hydrogen-bond acceptors (Lipinski definition) is 4. The molecule has 0 aromatic heterocycles. The molecular weight excluding hydrogens is 286 g/mol. The van der Waals surface area contributed by atoms with Crippen LogP contribution < -0.4 is 9.47 Å². The molecule has 5 heteroatoms. The molecule has 1 atom stereocenters. The van der Waals surface area contributed by atoms with Crippen LogP contribution in [0.15, 0.2) is 24.3 Å². The minimum Gasteiger partial charge on any atom is -0.497 e. The lowest BCUT2D eigenvalue weighted by Gasteiger charge is -2.32. The Hall–Kier alpha value is -1.36. The van der Waals surface area contributed by atoms with Crippen molar-refractivity contribution in [2.24, 2.45) is 5.92 Å². The van der Waals surface area contributed by atoms with Crippen LogP contribution in [0.3, 0.4) is 0 Å². The third-order valence-corrected chi connectivity index (χ3v) is 4.20. The third kappa shape index (κ3) is 4.84. The highest BCUT2D eigenvalue weighted by molar-refractivity contribution is 7.99. The molecular formula is C16H23NO3S. The van der Waals surface area contributed by atoms with Gasteiger partial charge in [0.25, 0.3) is 0 Å². The number of piperidine rings is 1. The van der Waals surface area contributed by atoms with Crippen molar-refractivity contribution in [2.75, 3.05) is 38.8 Å². The Kier molecular flexibility index (Phi) is 6.23. The van der Waals surface area contributed by atoms with E-state index in [-0.39, 0.29) is 5.91 Å². The van der Waals surface area contributed by atoms with E-state index < -0.39 is 0 Å². The Labute approximate surface area is 130 Å². The van der Waals surface area contributed by atoms with Crippen LogP contribution in [0.5, 0.6) is 11.5 Å². The van der Waals surface area contributed by atoms with E-state index in [0.717, 1.165) is 37.4 Å². The molecule has 1 aromatic rings. The van der Waals surface area contributed by atoms with Crippen molar-refractivity contribution in [3.05, 3.63) is 24.3 Å². The van der Waals surface area contributed by atoms with Crippen molar-refractivity contribution < 1.29 is 14.3 Å². The van der Waals surface area contributed by atoms with Gasteiger partial charge in [-0.25, -0.2) is 0 Å². The third-order valence-electron chi connectivity index (χ3n) is 3.67. The van der Waals surface area contributed by atoms with Crippen LogP contribution in [0.2, 0.25) is 0 Å². The number of thioether (sulfide) groups is 1. The number of carbonyl (C=O) groups is 1. The lowest BCUT2D eigenvalue weighted by molar-refractivity contribution is -0.130. The number of benzene rings is 1. The Morgan fingerprint density at radius 3 is 3.00 bits per heavy atom. The largest absolute Gasteiger partial charge is 0.497 e. The van der Waals surface area contributed by atoms with E-state index in [9.17, 15) is 4.79 Å². The van der Waals surface area contributed by atoms with Crippen LogP contribution in [-0.4, -0.2) is 49.6 Å². The molecule has 21 heavy (non-hydrogen) atoms. The molecule has 1 fully saturated rings. The Morgan fingerprint density at radius 2 is 2.24 bits per heavy atom. The van der Waals surface area contributed by atoms with Gasteiger partial charge in [-0.2, -0.15) is 11.8 Å². The molecule has 0 N–H and O–H groups in total. The SMILES string of the molecule is COc1cccc(OC[C@@H]2CCCN(C(=O)CSC)C2)c1. The van der Waals surface area contributed by atoms with Gasteiger partial charge >= 0.3 is 0 Å². The first-order valence-corrected chi connectivity index (χ1v) is 8.66. The molecule has 0 bridgehead atoms. The highest BCUT2D eigenvalue weighted by atomic mass is 32.2. The summed E-state index contributed by atoms with van der Waals surface area (Å²) in [5.41, 5.74) is 0. The highest BCUT2D eigenvalue weighted by Gasteiger charge is 2.23. The van der Waals surface area contributed by atoms with Gasteiger partial charge in [0, 0.05) is 25.1 Å².